The second-order valence-electron chi connectivity index (χ2n) is 5.95. The third-order valence-electron chi connectivity index (χ3n) is 3.55. The highest BCUT2D eigenvalue weighted by Gasteiger charge is 2.14. The number of rotatable bonds is 11. The maximum atomic E-state index is 5.70. The van der Waals surface area contributed by atoms with Gasteiger partial charge in [-0.05, 0) is 31.7 Å². The van der Waals surface area contributed by atoms with E-state index in [1.807, 2.05) is 0 Å². The molecule has 0 radical (unpaired) electrons. The molecule has 0 atom stereocenters. The standard InChI is InChI=1S/C17H33N3O/c1-6-9-18-12-15-16(7-2)19-20(17(15)8-3)10-11-21-13-14(4)5/h14,18H,6-13H2,1-5H3. The van der Waals surface area contributed by atoms with Gasteiger partial charge in [0.25, 0.3) is 0 Å². The van der Waals surface area contributed by atoms with Crippen molar-refractivity contribution < 1.29 is 4.74 Å². The van der Waals surface area contributed by atoms with Crippen molar-refractivity contribution in [2.45, 2.75) is 67.0 Å². The third kappa shape index (κ3) is 5.79. The van der Waals surface area contributed by atoms with Gasteiger partial charge in [-0.15, -0.1) is 0 Å². The van der Waals surface area contributed by atoms with Crippen molar-refractivity contribution >= 4 is 0 Å². The number of aryl methyl sites for hydroxylation is 1. The van der Waals surface area contributed by atoms with Gasteiger partial charge in [0.05, 0.1) is 18.8 Å². The maximum Gasteiger partial charge on any atom is 0.0669 e. The van der Waals surface area contributed by atoms with Crippen molar-refractivity contribution in [1.82, 2.24) is 15.1 Å². The number of aromatic nitrogens is 2. The molecule has 0 aromatic carbocycles. The van der Waals surface area contributed by atoms with Crippen molar-refractivity contribution in [3.63, 3.8) is 0 Å². The Hall–Kier alpha value is -0.870. The van der Waals surface area contributed by atoms with E-state index in [0.717, 1.165) is 45.7 Å². The molecule has 0 fully saturated rings. The normalized spacial score (nSPS) is 11.5. The van der Waals surface area contributed by atoms with E-state index >= 15 is 0 Å². The zero-order chi connectivity index (χ0) is 15.7. The van der Waals surface area contributed by atoms with Crippen LogP contribution < -0.4 is 5.32 Å². The molecule has 4 nitrogen and oxygen atoms in total. The van der Waals surface area contributed by atoms with Gasteiger partial charge in [-0.25, -0.2) is 0 Å². The molecular weight excluding hydrogens is 262 g/mol. The second-order valence-corrected chi connectivity index (χ2v) is 5.95. The Morgan fingerprint density at radius 2 is 1.95 bits per heavy atom. The monoisotopic (exact) mass is 295 g/mol. The lowest BCUT2D eigenvalue weighted by molar-refractivity contribution is 0.100. The zero-order valence-corrected chi connectivity index (χ0v) is 14.5. The molecule has 0 aliphatic carbocycles. The molecule has 1 aromatic heterocycles. The number of hydrogen-bond donors (Lipinski definition) is 1. The molecule has 0 aliphatic heterocycles. The van der Waals surface area contributed by atoms with Crippen molar-refractivity contribution in [3.05, 3.63) is 17.0 Å². The smallest absolute Gasteiger partial charge is 0.0669 e. The molecule has 1 N–H and O–H groups in total. The number of nitrogens with zero attached hydrogens (tertiary/aromatic N) is 2. The molecule has 0 unspecified atom stereocenters. The average molecular weight is 295 g/mol. The lowest BCUT2D eigenvalue weighted by atomic mass is 10.1. The first-order valence-corrected chi connectivity index (χ1v) is 8.49. The Morgan fingerprint density at radius 1 is 1.19 bits per heavy atom. The fourth-order valence-corrected chi connectivity index (χ4v) is 2.52. The SMILES string of the molecule is CCCNCc1c(CC)nn(CCOCC(C)C)c1CC. The van der Waals surface area contributed by atoms with Crippen molar-refractivity contribution in [2.24, 2.45) is 5.92 Å². The lowest BCUT2D eigenvalue weighted by Gasteiger charge is -2.10. The predicted octanol–water partition coefficient (Wildman–Crippen LogP) is 3.18. The molecule has 1 rings (SSSR count). The summed E-state index contributed by atoms with van der Waals surface area (Å²) in [5.74, 6) is 0.591. The molecule has 1 aromatic rings. The minimum atomic E-state index is 0.591. The van der Waals surface area contributed by atoms with Crippen LogP contribution in [0.15, 0.2) is 0 Å². The highest BCUT2D eigenvalue weighted by atomic mass is 16.5. The van der Waals surface area contributed by atoms with Crippen LogP contribution >= 0.6 is 0 Å². The van der Waals surface area contributed by atoms with Gasteiger partial charge in [0.2, 0.25) is 0 Å². The molecule has 4 heteroatoms. The Labute approximate surface area is 130 Å². The van der Waals surface area contributed by atoms with E-state index in [0.29, 0.717) is 5.92 Å². The molecule has 1 heterocycles. The van der Waals surface area contributed by atoms with Gasteiger partial charge in [0, 0.05) is 24.4 Å². The highest BCUT2D eigenvalue weighted by molar-refractivity contribution is 5.26. The van der Waals surface area contributed by atoms with Gasteiger partial charge in [0.1, 0.15) is 0 Å². The summed E-state index contributed by atoms with van der Waals surface area (Å²) in [5, 5.41) is 8.30. The summed E-state index contributed by atoms with van der Waals surface area (Å²) in [7, 11) is 0. The largest absolute Gasteiger partial charge is 0.379 e. The van der Waals surface area contributed by atoms with Crippen LogP contribution in [0.5, 0.6) is 0 Å². The van der Waals surface area contributed by atoms with Crippen LogP contribution in [0.25, 0.3) is 0 Å². The van der Waals surface area contributed by atoms with Crippen LogP contribution in [0.4, 0.5) is 0 Å². The van der Waals surface area contributed by atoms with Crippen LogP contribution in [-0.4, -0.2) is 29.5 Å². The summed E-state index contributed by atoms with van der Waals surface area (Å²) < 4.78 is 7.86. The molecule has 0 saturated carbocycles. The van der Waals surface area contributed by atoms with E-state index in [2.05, 4.69) is 44.6 Å². The predicted molar refractivity (Wildman–Crippen MR) is 88.6 cm³/mol. The van der Waals surface area contributed by atoms with Crippen LogP contribution in [0, 0.1) is 5.92 Å². The molecular formula is C17H33N3O. The average Bonchev–Trinajstić information content (AvgIpc) is 2.80. The Bertz CT molecular complexity index is 399. The first-order chi connectivity index (χ1) is 10.1. The van der Waals surface area contributed by atoms with E-state index in [9.17, 15) is 0 Å². The molecule has 0 aliphatic rings. The fourth-order valence-electron chi connectivity index (χ4n) is 2.52. The zero-order valence-electron chi connectivity index (χ0n) is 14.5. The molecule has 122 valence electrons. The second kappa shape index (κ2) is 9.96. The number of hydrogen-bond acceptors (Lipinski definition) is 3. The van der Waals surface area contributed by atoms with Gasteiger partial charge >= 0.3 is 0 Å². The quantitative estimate of drug-likeness (QED) is 0.637. The van der Waals surface area contributed by atoms with E-state index in [1.165, 1.54) is 23.4 Å². The van der Waals surface area contributed by atoms with Crippen molar-refractivity contribution in [2.75, 3.05) is 19.8 Å². The summed E-state index contributed by atoms with van der Waals surface area (Å²) in [6, 6.07) is 0. The maximum absolute atomic E-state index is 5.70. The minimum absolute atomic E-state index is 0.591. The van der Waals surface area contributed by atoms with Gasteiger partial charge in [-0.3, -0.25) is 4.68 Å². The highest BCUT2D eigenvalue weighted by Crippen LogP contribution is 2.16. The fraction of sp³-hybridized carbons (Fsp3) is 0.824. The van der Waals surface area contributed by atoms with Crippen LogP contribution in [0.2, 0.25) is 0 Å². The van der Waals surface area contributed by atoms with Crippen LogP contribution in [0.3, 0.4) is 0 Å². The summed E-state index contributed by atoms with van der Waals surface area (Å²) >= 11 is 0. The minimum Gasteiger partial charge on any atom is -0.379 e. The molecule has 0 spiro atoms. The van der Waals surface area contributed by atoms with Gasteiger partial charge in [-0.2, -0.15) is 5.10 Å². The Morgan fingerprint density at radius 3 is 2.52 bits per heavy atom. The summed E-state index contributed by atoms with van der Waals surface area (Å²) in [6.45, 7) is 15.4. The lowest BCUT2D eigenvalue weighted by Crippen LogP contribution is -2.16. The van der Waals surface area contributed by atoms with E-state index in [1.54, 1.807) is 0 Å². The van der Waals surface area contributed by atoms with E-state index in [4.69, 9.17) is 9.84 Å². The Balaban J connectivity index is 2.69. The summed E-state index contributed by atoms with van der Waals surface area (Å²) in [4.78, 5) is 0. The topological polar surface area (TPSA) is 39.1 Å². The first-order valence-electron chi connectivity index (χ1n) is 8.49. The molecule has 21 heavy (non-hydrogen) atoms. The number of ether oxygens (including phenoxy) is 1. The van der Waals surface area contributed by atoms with Gasteiger partial charge in [0.15, 0.2) is 0 Å². The first kappa shape index (κ1) is 18.2. The Kier molecular flexibility index (Phi) is 8.62. The molecule has 0 bridgehead atoms. The van der Waals surface area contributed by atoms with Gasteiger partial charge in [-0.1, -0.05) is 34.6 Å². The third-order valence-corrected chi connectivity index (χ3v) is 3.55. The van der Waals surface area contributed by atoms with Crippen LogP contribution in [-0.2, 0) is 30.7 Å². The van der Waals surface area contributed by atoms with E-state index < -0.39 is 0 Å². The summed E-state index contributed by atoms with van der Waals surface area (Å²) in [6.07, 6.45) is 3.19. The molecule has 0 saturated heterocycles. The molecule has 0 amide bonds. The van der Waals surface area contributed by atoms with Gasteiger partial charge < -0.3 is 10.1 Å². The van der Waals surface area contributed by atoms with E-state index in [-0.39, 0.29) is 0 Å². The van der Waals surface area contributed by atoms with Crippen molar-refractivity contribution in [1.29, 1.82) is 0 Å². The summed E-state index contributed by atoms with van der Waals surface area (Å²) in [5.41, 5.74) is 4.00. The van der Waals surface area contributed by atoms with Crippen molar-refractivity contribution in [3.8, 4) is 0 Å². The number of nitrogens with one attached hydrogen (secondary N) is 1. The van der Waals surface area contributed by atoms with Crippen LogP contribution in [0.1, 0.15) is 58.0 Å².